The van der Waals surface area contributed by atoms with Gasteiger partial charge in [-0.25, -0.2) is 0 Å². The van der Waals surface area contributed by atoms with E-state index in [9.17, 15) is 14.9 Å². The van der Waals surface area contributed by atoms with Crippen LogP contribution >= 0.6 is 0 Å². The third-order valence-electron chi connectivity index (χ3n) is 1.50. The number of nitrogens with two attached hydrogens (primary N) is 1. The second-order valence-corrected chi connectivity index (χ2v) is 2.46. The summed E-state index contributed by atoms with van der Waals surface area (Å²) in [6.45, 7) is 1.54. The summed E-state index contributed by atoms with van der Waals surface area (Å²) in [5.74, 6) is -1.11. The third-order valence-corrected chi connectivity index (χ3v) is 1.50. The molecular formula is C7H7N3O3. The molecular weight excluding hydrogens is 174 g/mol. The molecule has 68 valence electrons. The Bertz CT molecular complexity index is 375. The molecule has 1 aromatic heterocycles. The van der Waals surface area contributed by atoms with Gasteiger partial charge in [-0.2, -0.15) is 0 Å². The Labute approximate surface area is 73.5 Å². The molecule has 0 unspecified atom stereocenters. The first-order chi connectivity index (χ1) is 6.02. The number of carbonyl (C=O) groups excluding carboxylic acids is 1. The lowest BCUT2D eigenvalue weighted by atomic mass is 10.2. The van der Waals surface area contributed by atoms with Crippen molar-refractivity contribution in [1.29, 1.82) is 0 Å². The first-order valence-corrected chi connectivity index (χ1v) is 3.44. The van der Waals surface area contributed by atoms with Crippen molar-refractivity contribution in [3.8, 4) is 0 Å². The molecule has 1 rings (SSSR count). The van der Waals surface area contributed by atoms with Crippen molar-refractivity contribution >= 4 is 11.7 Å². The molecule has 2 N–H and O–H groups in total. The van der Waals surface area contributed by atoms with Gasteiger partial charge < -0.3 is 15.8 Å². The average Bonchev–Trinajstić information content (AvgIpc) is 2.04. The summed E-state index contributed by atoms with van der Waals surface area (Å²) in [6, 6.07) is 2.79. The van der Waals surface area contributed by atoms with Crippen LogP contribution in [0.25, 0.3) is 0 Å². The molecule has 0 spiro atoms. The number of hydrogen-bond donors (Lipinski definition) is 1. The summed E-state index contributed by atoms with van der Waals surface area (Å²) in [4.78, 5) is 23.9. The Kier molecular flexibility index (Phi) is 2.23. The molecule has 0 aliphatic rings. The minimum Gasteiger partial charge on any atom is -0.362 e. The van der Waals surface area contributed by atoms with Crippen LogP contribution in [0.2, 0.25) is 0 Å². The zero-order chi connectivity index (χ0) is 10.0. The molecule has 0 aromatic carbocycles. The lowest BCUT2D eigenvalue weighted by Crippen LogP contribution is -2.14. The SMILES string of the molecule is Cc1ccc(C(N)=O)nc1[N+](=O)[O-]. The van der Waals surface area contributed by atoms with E-state index < -0.39 is 10.8 Å². The molecule has 0 aliphatic carbocycles. The summed E-state index contributed by atoms with van der Waals surface area (Å²) in [5.41, 5.74) is 5.21. The van der Waals surface area contributed by atoms with Gasteiger partial charge in [-0.1, -0.05) is 0 Å². The minimum atomic E-state index is -0.775. The molecule has 1 aromatic rings. The summed E-state index contributed by atoms with van der Waals surface area (Å²) >= 11 is 0. The van der Waals surface area contributed by atoms with Crippen LogP contribution in [0.1, 0.15) is 16.1 Å². The van der Waals surface area contributed by atoms with Gasteiger partial charge in [0.1, 0.15) is 0 Å². The van der Waals surface area contributed by atoms with Gasteiger partial charge in [0, 0.05) is 5.56 Å². The van der Waals surface area contributed by atoms with Crippen LogP contribution in [0.15, 0.2) is 12.1 Å². The van der Waals surface area contributed by atoms with Gasteiger partial charge in [0.2, 0.25) is 5.69 Å². The summed E-state index contributed by atoms with van der Waals surface area (Å²) < 4.78 is 0. The van der Waals surface area contributed by atoms with E-state index in [-0.39, 0.29) is 11.5 Å². The van der Waals surface area contributed by atoms with E-state index in [2.05, 4.69) is 4.98 Å². The molecule has 0 radical (unpaired) electrons. The largest absolute Gasteiger partial charge is 0.367 e. The lowest BCUT2D eigenvalue weighted by Gasteiger charge is -1.96. The molecule has 0 fully saturated rings. The van der Waals surface area contributed by atoms with Crippen molar-refractivity contribution in [2.75, 3.05) is 0 Å². The highest BCUT2D eigenvalue weighted by atomic mass is 16.6. The number of amides is 1. The van der Waals surface area contributed by atoms with Gasteiger partial charge in [0.05, 0.1) is 0 Å². The Morgan fingerprint density at radius 3 is 2.69 bits per heavy atom. The van der Waals surface area contributed by atoms with Crippen molar-refractivity contribution < 1.29 is 9.72 Å². The van der Waals surface area contributed by atoms with Gasteiger partial charge in [0.15, 0.2) is 0 Å². The Balaban J connectivity index is 3.27. The third kappa shape index (κ3) is 1.78. The monoisotopic (exact) mass is 181 g/mol. The standard InChI is InChI=1S/C7H7N3O3/c1-4-2-3-5(6(8)11)9-7(4)10(12)13/h2-3H,1H3,(H2,8,11). The quantitative estimate of drug-likeness (QED) is 0.527. The maximum absolute atomic E-state index is 10.6. The zero-order valence-corrected chi connectivity index (χ0v) is 6.85. The van der Waals surface area contributed by atoms with E-state index >= 15 is 0 Å². The van der Waals surface area contributed by atoms with Gasteiger partial charge in [0.25, 0.3) is 5.91 Å². The predicted molar refractivity (Wildman–Crippen MR) is 44.1 cm³/mol. The van der Waals surface area contributed by atoms with E-state index in [1.807, 2.05) is 0 Å². The number of aryl methyl sites for hydroxylation is 1. The number of nitro groups is 1. The van der Waals surface area contributed by atoms with Crippen molar-refractivity contribution in [3.63, 3.8) is 0 Å². The second kappa shape index (κ2) is 3.18. The number of carbonyl (C=O) groups is 1. The predicted octanol–water partition coefficient (Wildman–Crippen LogP) is 0.397. The fraction of sp³-hybridized carbons (Fsp3) is 0.143. The highest BCUT2D eigenvalue weighted by molar-refractivity contribution is 5.91. The normalized spacial score (nSPS) is 9.62. The van der Waals surface area contributed by atoms with Crippen molar-refractivity contribution in [2.24, 2.45) is 5.73 Å². The Morgan fingerprint density at radius 1 is 1.62 bits per heavy atom. The van der Waals surface area contributed by atoms with E-state index in [4.69, 9.17) is 5.73 Å². The molecule has 0 atom stereocenters. The summed E-state index contributed by atoms with van der Waals surface area (Å²) in [5, 5.41) is 10.4. The number of rotatable bonds is 2. The average molecular weight is 181 g/mol. The molecule has 0 bridgehead atoms. The van der Waals surface area contributed by atoms with E-state index in [0.717, 1.165) is 0 Å². The van der Waals surface area contributed by atoms with Gasteiger partial charge in [-0.05, 0) is 29.0 Å². The number of primary amides is 1. The molecule has 0 saturated heterocycles. The molecule has 6 heteroatoms. The summed E-state index contributed by atoms with van der Waals surface area (Å²) in [7, 11) is 0. The molecule has 13 heavy (non-hydrogen) atoms. The molecule has 1 heterocycles. The van der Waals surface area contributed by atoms with Crippen LogP contribution in [0.3, 0.4) is 0 Å². The molecule has 6 nitrogen and oxygen atoms in total. The van der Waals surface area contributed by atoms with E-state index in [1.54, 1.807) is 0 Å². The van der Waals surface area contributed by atoms with Gasteiger partial charge in [-0.15, -0.1) is 0 Å². The first-order valence-electron chi connectivity index (χ1n) is 3.44. The molecule has 0 saturated carbocycles. The minimum absolute atomic E-state index is 0.0997. The Morgan fingerprint density at radius 2 is 2.23 bits per heavy atom. The van der Waals surface area contributed by atoms with Crippen LogP contribution in [0, 0.1) is 17.0 Å². The van der Waals surface area contributed by atoms with E-state index in [0.29, 0.717) is 5.56 Å². The smallest absolute Gasteiger partial charge is 0.362 e. The van der Waals surface area contributed by atoms with Crippen molar-refractivity contribution in [1.82, 2.24) is 4.98 Å². The fourth-order valence-corrected chi connectivity index (χ4v) is 0.840. The Hall–Kier alpha value is -1.98. The van der Waals surface area contributed by atoms with Crippen LogP contribution in [-0.2, 0) is 0 Å². The first kappa shape index (κ1) is 9.11. The topological polar surface area (TPSA) is 99.1 Å². The number of aromatic nitrogens is 1. The maximum Gasteiger partial charge on any atom is 0.367 e. The number of nitrogens with zero attached hydrogens (tertiary/aromatic N) is 2. The van der Waals surface area contributed by atoms with Crippen molar-refractivity contribution in [3.05, 3.63) is 33.5 Å². The highest BCUT2D eigenvalue weighted by Crippen LogP contribution is 2.13. The molecule has 1 amide bonds. The van der Waals surface area contributed by atoms with Crippen molar-refractivity contribution in [2.45, 2.75) is 6.92 Å². The van der Waals surface area contributed by atoms with Gasteiger partial charge in [-0.3, -0.25) is 4.79 Å². The zero-order valence-electron chi connectivity index (χ0n) is 6.85. The number of pyridine rings is 1. The van der Waals surface area contributed by atoms with E-state index in [1.165, 1.54) is 19.1 Å². The van der Waals surface area contributed by atoms with Crippen LogP contribution in [0.5, 0.6) is 0 Å². The number of hydrogen-bond acceptors (Lipinski definition) is 4. The summed E-state index contributed by atoms with van der Waals surface area (Å²) in [6.07, 6.45) is 0. The fourth-order valence-electron chi connectivity index (χ4n) is 0.840. The highest BCUT2D eigenvalue weighted by Gasteiger charge is 2.16. The second-order valence-electron chi connectivity index (χ2n) is 2.46. The van der Waals surface area contributed by atoms with Crippen LogP contribution in [0.4, 0.5) is 5.82 Å². The maximum atomic E-state index is 10.6. The lowest BCUT2D eigenvalue weighted by molar-refractivity contribution is -0.390. The van der Waals surface area contributed by atoms with Crippen LogP contribution < -0.4 is 5.73 Å². The van der Waals surface area contributed by atoms with Crippen LogP contribution in [-0.4, -0.2) is 15.8 Å². The molecule has 0 aliphatic heterocycles. The van der Waals surface area contributed by atoms with Gasteiger partial charge >= 0.3 is 5.82 Å².